The summed E-state index contributed by atoms with van der Waals surface area (Å²) in [4.78, 5) is 24.6. The molecule has 0 aliphatic carbocycles. The van der Waals surface area contributed by atoms with Gasteiger partial charge in [-0.1, -0.05) is 22.0 Å². The number of urea groups is 1. The third-order valence-electron chi connectivity index (χ3n) is 3.27. The van der Waals surface area contributed by atoms with Crippen LogP contribution in [-0.4, -0.2) is 47.8 Å². The maximum Gasteiger partial charge on any atom is 0.322 e. The van der Waals surface area contributed by atoms with Gasteiger partial charge in [-0.15, -0.1) is 0 Å². The Morgan fingerprint density at radius 2 is 2.29 bits per heavy atom. The van der Waals surface area contributed by atoms with E-state index in [-0.39, 0.29) is 19.0 Å². The molecule has 7 heteroatoms. The van der Waals surface area contributed by atoms with Gasteiger partial charge in [0.2, 0.25) is 0 Å². The number of nitrogens with zero attached hydrogens (tertiary/aromatic N) is 1. The molecule has 1 fully saturated rings. The van der Waals surface area contributed by atoms with Crippen LogP contribution in [0.15, 0.2) is 22.7 Å². The number of nitrogens with one attached hydrogen (secondary N) is 1. The Hall–Kier alpha value is -1.60. The standard InChI is InChI=1S/C14H17BrN2O4/c1-9-2-3-10(15)6-12(9)16-14(20)17-4-5-21-11(8-17)7-13(18)19/h2-3,6,11H,4-5,7-8H2,1H3,(H,16,20)(H,18,19). The zero-order valence-corrected chi connectivity index (χ0v) is 13.2. The summed E-state index contributed by atoms with van der Waals surface area (Å²) in [6.07, 6.45) is -0.551. The summed E-state index contributed by atoms with van der Waals surface area (Å²) in [7, 11) is 0. The number of anilines is 1. The van der Waals surface area contributed by atoms with E-state index in [4.69, 9.17) is 9.84 Å². The quantitative estimate of drug-likeness (QED) is 0.871. The van der Waals surface area contributed by atoms with Gasteiger partial charge in [0.1, 0.15) is 0 Å². The molecular weight excluding hydrogens is 340 g/mol. The fourth-order valence-electron chi connectivity index (χ4n) is 2.15. The third kappa shape index (κ3) is 4.44. The van der Waals surface area contributed by atoms with Gasteiger partial charge in [-0.2, -0.15) is 0 Å². The van der Waals surface area contributed by atoms with Crippen molar-refractivity contribution in [2.45, 2.75) is 19.4 Å². The molecule has 0 saturated carbocycles. The van der Waals surface area contributed by atoms with Crippen molar-refractivity contribution in [2.75, 3.05) is 25.0 Å². The molecule has 1 aromatic rings. The number of carboxylic acids is 1. The number of morpholine rings is 1. The van der Waals surface area contributed by atoms with E-state index in [9.17, 15) is 9.59 Å². The highest BCUT2D eigenvalue weighted by molar-refractivity contribution is 9.10. The summed E-state index contributed by atoms with van der Waals surface area (Å²) in [6.45, 7) is 3.00. The summed E-state index contributed by atoms with van der Waals surface area (Å²) in [6, 6.07) is 5.41. The molecule has 1 unspecified atom stereocenters. The number of carbonyl (C=O) groups is 2. The Morgan fingerprint density at radius 1 is 1.52 bits per heavy atom. The third-order valence-corrected chi connectivity index (χ3v) is 3.76. The first-order chi connectivity index (χ1) is 9.95. The number of aryl methyl sites for hydroxylation is 1. The highest BCUT2D eigenvalue weighted by Gasteiger charge is 2.26. The number of carboxylic acid groups (broad SMARTS) is 1. The number of halogens is 1. The number of ether oxygens (including phenoxy) is 1. The molecule has 2 N–H and O–H groups in total. The predicted molar refractivity (Wildman–Crippen MR) is 81.5 cm³/mol. The van der Waals surface area contributed by atoms with Crippen molar-refractivity contribution in [3.05, 3.63) is 28.2 Å². The SMILES string of the molecule is Cc1ccc(Br)cc1NC(=O)N1CCOC(CC(=O)O)C1. The van der Waals surface area contributed by atoms with Crippen LogP contribution in [0.1, 0.15) is 12.0 Å². The summed E-state index contributed by atoms with van der Waals surface area (Å²) >= 11 is 3.37. The first-order valence-electron chi connectivity index (χ1n) is 6.61. The highest BCUT2D eigenvalue weighted by atomic mass is 79.9. The summed E-state index contributed by atoms with van der Waals surface area (Å²) in [5.74, 6) is -0.926. The number of hydrogen-bond acceptors (Lipinski definition) is 3. The minimum absolute atomic E-state index is 0.0975. The van der Waals surface area contributed by atoms with E-state index >= 15 is 0 Å². The molecule has 0 aromatic heterocycles. The zero-order chi connectivity index (χ0) is 15.4. The number of hydrogen-bond donors (Lipinski definition) is 2. The summed E-state index contributed by atoms with van der Waals surface area (Å²) < 4.78 is 6.24. The van der Waals surface area contributed by atoms with Crippen LogP contribution in [0.25, 0.3) is 0 Å². The fraction of sp³-hybridized carbons (Fsp3) is 0.429. The van der Waals surface area contributed by atoms with Crippen LogP contribution in [-0.2, 0) is 9.53 Å². The van der Waals surface area contributed by atoms with Crippen molar-refractivity contribution in [1.29, 1.82) is 0 Å². The van der Waals surface area contributed by atoms with Crippen LogP contribution in [0.4, 0.5) is 10.5 Å². The Bertz CT molecular complexity index is 550. The zero-order valence-electron chi connectivity index (χ0n) is 11.6. The second kappa shape index (κ2) is 6.91. The van der Waals surface area contributed by atoms with Gasteiger partial charge in [0, 0.05) is 23.2 Å². The van der Waals surface area contributed by atoms with Crippen LogP contribution in [0, 0.1) is 6.92 Å². The van der Waals surface area contributed by atoms with Crippen LogP contribution < -0.4 is 5.32 Å². The molecule has 0 spiro atoms. The minimum Gasteiger partial charge on any atom is -0.481 e. The fourth-order valence-corrected chi connectivity index (χ4v) is 2.51. The van der Waals surface area contributed by atoms with Gasteiger partial charge >= 0.3 is 12.0 Å². The van der Waals surface area contributed by atoms with Gasteiger partial charge in [0.25, 0.3) is 0 Å². The minimum atomic E-state index is -0.926. The van der Waals surface area contributed by atoms with Gasteiger partial charge in [-0.05, 0) is 24.6 Å². The molecule has 1 saturated heterocycles. The number of aliphatic carboxylic acids is 1. The number of rotatable bonds is 3. The number of carbonyl (C=O) groups excluding carboxylic acids is 1. The van der Waals surface area contributed by atoms with Crippen LogP contribution in [0.5, 0.6) is 0 Å². The molecule has 2 amide bonds. The van der Waals surface area contributed by atoms with Gasteiger partial charge in [-0.3, -0.25) is 4.79 Å². The number of amides is 2. The van der Waals surface area contributed by atoms with Gasteiger partial charge in [0.05, 0.1) is 19.1 Å². The van der Waals surface area contributed by atoms with Crippen molar-refractivity contribution >= 4 is 33.6 Å². The molecule has 0 radical (unpaired) electrons. The molecular formula is C14H17BrN2O4. The molecule has 6 nitrogen and oxygen atoms in total. The second-order valence-electron chi connectivity index (χ2n) is 4.93. The smallest absolute Gasteiger partial charge is 0.322 e. The first-order valence-corrected chi connectivity index (χ1v) is 7.40. The predicted octanol–water partition coefficient (Wildman–Crippen LogP) is 2.46. The Labute approximate surface area is 131 Å². The maximum atomic E-state index is 12.3. The monoisotopic (exact) mass is 356 g/mol. The lowest BCUT2D eigenvalue weighted by Gasteiger charge is -2.32. The number of benzene rings is 1. The van der Waals surface area contributed by atoms with Crippen molar-refractivity contribution < 1.29 is 19.4 Å². The van der Waals surface area contributed by atoms with E-state index in [1.807, 2.05) is 25.1 Å². The molecule has 114 valence electrons. The van der Waals surface area contributed by atoms with Crippen molar-refractivity contribution in [2.24, 2.45) is 0 Å². The lowest BCUT2D eigenvalue weighted by Crippen LogP contribution is -2.47. The molecule has 21 heavy (non-hydrogen) atoms. The molecule has 1 aromatic carbocycles. The normalized spacial score (nSPS) is 18.4. The second-order valence-corrected chi connectivity index (χ2v) is 5.84. The Balaban J connectivity index is 1.99. The van der Waals surface area contributed by atoms with E-state index in [1.165, 1.54) is 0 Å². The van der Waals surface area contributed by atoms with Crippen molar-refractivity contribution in [1.82, 2.24) is 4.90 Å². The van der Waals surface area contributed by atoms with Crippen molar-refractivity contribution in [3.63, 3.8) is 0 Å². The van der Waals surface area contributed by atoms with Gasteiger partial charge in [0.15, 0.2) is 0 Å². The molecule has 1 aliphatic rings. The Morgan fingerprint density at radius 3 is 3.00 bits per heavy atom. The van der Waals surface area contributed by atoms with E-state index in [2.05, 4.69) is 21.2 Å². The summed E-state index contributed by atoms with van der Waals surface area (Å²) in [5.41, 5.74) is 1.69. The van der Waals surface area contributed by atoms with Gasteiger partial charge < -0.3 is 20.1 Å². The lowest BCUT2D eigenvalue weighted by atomic mass is 10.2. The maximum absolute atomic E-state index is 12.3. The van der Waals surface area contributed by atoms with Crippen molar-refractivity contribution in [3.8, 4) is 0 Å². The largest absolute Gasteiger partial charge is 0.481 e. The van der Waals surface area contributed by atoms with E-state index in [0.717, 1.165) is 15.7 Å². The average Bonchev–Trinajstić information content (AvgIpc) is 2.42. The van der Waals surface area contributed by atoms with Crippen LogP contribution in [0.2, 0.25) is 0 Å². The molecule has 1 atom stereocenters. The van der Waals surface area contributed by atoms with Crippen LogP contribution in [0.3, 0.4) is 0 Å². The molecule has 2 rings (SSSR count). The molecule has 1 aliphatic heterocycles. The molecule has 0 bridgehead atoms. The van der Waals surface area contributed by atoms with E-state index in [0.29, 0.717) is 13.2 Å². The highest BCUT2D eigenvalue weighted by Crippen LogP contribution is 2.21. The van der Waals surface area contributed by atoms with E-state index < -0.39 is 12.1 Å². The topological polar surface area (TPSA) is 78.9 Å². The summed E-state index contributed by atoms with van der Waals surface area (Å²) in [5, 5.41) is 11.6. The average molecular weight is 357 g/mol. The van der Waals surface area contributed by atoms with Gasteiger partial charge in [-0.25, -0.2) is 4.79 Å². The lowest BCUT2D eigenvalue weighted by molar-refractivity contribution is -0.141. The van der Waals surface area contributed by atoms with Crippen LogP contribution >= 0.6 is 15.9 Å². The Kier molecular flexibility index (Phi) is 5.19. The molecule has 1 heterocycles. The first kappa shape index (κ1) is 15.8. The van der Waals surface area contributed by atoms with E-state index in [1.54, 1.807) is 4.90 Å².